The quantitative estimate of drug-likeness (QED) is 0.368. The van der Waals surface area contributed by atoms with Crippen LogP contribution in [0.5, 0.6) is 5.88 Å². The van der Waals surface area contributed by atoms with Gasteiger partial charge in [0.05, 0.1) is 5.69 Å². The van der Waals surface area contributed by atoms with Crippen molar-refractivity contribution in [1.82, 2.24) is 9.97 Å². The molecule has 2 aromatic heterocycles. The third-order valence-corrected chi connectivity index (χ3v) is 5.60. The van der Waals surface area contributed by atoms with Gasteiger partial charge in [-0.2, -0.15) is 0 Å². The second-order valence-electron chi connectivity index (χ2n) is 6.95. The Balaban J connectivity index is 1.69. The molecule has 0 saturated heterocycles. The number of carbonyl (C=O) groups excluding carboxylic acids is 1. The van der Waals surface area contributed by atoms with Gasteiger partial charge in [-0.1, -0.05) is 6.92 Å². The number of hydrogen-bond donors (Lipinski definition) is 3. The molecule has 1 aliphatic heterocycles. The summed E-state index contributed by atoms with van der Waals surface area (Å²) in [5.41, 5.74) is 8.50. The highest BCUT2D eigenvalue weighted by atomic mass is 32.2. The number of amides is 1. The number of anilines is 3. The fourth-order valence-corrected chi connectivity index (χ4v) is 3.74. The normalized spacial score (nSPS) is 12.8. The molecule has 1 aromatic carbocycles. The minimum absolute atomic E-state index is 0.0278. The molecule has 0 saturated carbocycles. The Morgan fingerprint density at radius 3 is 3.03 bits per heavy atom. The van der Waals surface area contributed by atoms with E-state index in [9.17, 15) is 4.79 Å². The van der Waals surface area contributed by atoms with Crippen LogP contribution in [0.4, 0.5) is 26.4 Å². The molecule has 32 heavy (non-hydrogen) atoms. The Kier molecular flexibility index (Phi) is 6.31. The number of pyridine rings is 2. The van der Waals surface area contributed by atoms with Crippen LogP contribution < -0.4 is 21.1 Å². The van der Waals surface area contributed by atoms with Crippen LogP contribution in [-0.2, 0) is 4.74 Å². The molecule has 166 valence electrons. The second kappa shape index (κ2) is 9.31. The lowest BCUT2D eigenvalue weighted by Gasteiger charge is -2.22. The molecule has 1 amide bonds. The summed E-state index contributed by atoms with van der Waals surface area (Å²) in [7, 11) is 0. The fraction of sp³-hybridized carbons (Fsp3) is 0.227. The maximum absolute atomic E-state index is 15.2. The number of carbonyl (C=O) groups is 1. The number of ether oxygens (including phenoxy) is 2. The standard InChI is InChI=1S/C22H22FN5O3S/c1-3-32-7-6-31-22(29)28-17-9-13-8-14(18(23)19(24)16(13)11-26-17)15-10-27-21-20(12(15)2)25-4-5-30-21/h6-11,25H,3-5,24H2,1-2H3,(H,26,28,29)/b7-6-. The highest BCUT2D eigenvalue weighted by molar-refractivity contribution is 8.02. The number of benzene rings is 1. The summed E-state index contributed by atoms with van der Waals surface area (Å²) < 4.78 is 25.7. The third-order valence-electron chi connectivity index (χ3n) is 4.96. The number of nitrogens with zero attached hydrogens (tertiary/aromatic N) is 2. The molecule has 0 unspecified atom stereocenters. The number of nitrogens with one attached hydrogen (secondary N) is 2. The van der Waals surface area contributed by atoms with E-state index in [1.807, 2.05) is 13.8 Å². The van der Waals surface area contributed by atoms with Crippen LogP contribution in [0, 0.1) is 12.7 Å². The Labute approximate surface area is 188 Å². The van der Waals surface area contributed by atoms with Gasteiger partial charge in [-0.3, -0.25) is 5.32 Å². The summed E-state index contributed by atoms with van der Waals surface area (Å²) in [6, 6.07) is 3.28. The molecule has 0 bridgehead atoms. The van der Waals surface area contributed by atoms with Crippen molar-refractivity contribution in [2.45, 2.75) is 13.8 Å². The van der Waals surface area contributed by atoms with E-state index in [0.29, 0.717) is 40.9 Å². The number of halogens is 1. The van der Waals surface area contributed by atoms with Gasteiger partial charge in [-0.25, -0.2) is 19.2 Å². The number of aromatic nitrogens is 2. The van der Waals surface area contributed by atoms with Crippen molar-refractivity contribution in [3.63, 3.8) is 0 Å². The molecule has 8 nitrogen and oxygen atoms in total. The Bertz CT molecular complexity index is 1220. The molecular formula is C22H22FN5O3S. The molecular weight excluding hydrogens is 433 g/mol. The van der Waals surface area contributed by atoms with Crippen molar-refractivity contribution in [2.24, 2.45) is 0 Å². The van der Waals surface area contributed by atoms with Crippen molar-refractivity contribution in [1.29, 1.82) is 0 Å². The third kappa shape index (κ3) is 4.26. The fourth-order valence-electron chi connectivity index (χ4n) is 3.41. The minimum atomic E-state index is -0.680. The maximum Gasteiger partial charge on any atom is 0.417 e. The van der Waals surface area contributed by atoms with Gasteiger partial charge < -0.3 is 20.5 Å². The first kappa shape index (κ1) is 21.7. The number of fused-ring (bicyclic) bond motifs is 2. The van der Waals surface area contributed by atoms with Gasteiger partial charge in [0.2, 0.25) is 5.88 Å². The Morgan fingerprint density at radius 1 is 1.38 bits per heavy atom. The zero-order valence-electron chi connectivity index (χ0n) is 17.6. The van der Waals surface area contributed by atoms with Crippen molar-refractivity contribution >= 4 is 45.8 Å². The summed E-state index contributed by atoms with van der Waals surface area (Å²) in [6.07, 6.45) is 3.62. The van der Waals surface area contributed by atoms with E-state index < -0.39 is 11.9 Å². The zero-order chi connectivity index (χ0) is 22.7. The molecule has 0 fully saturated rings. The molecule has 3 aromatic rings. The van der Waals surface area contributed by atoms with Crippen molar-refractivity contribution < 1.29 is 18.7 Å². The number of rotatable bonds is 5. The number of nitrogen functional groups attached to an aromatic ring is 1. The second-order valence-corrected chi connectivity index (χ2v) is 8.14. The van der Waals surface area contributed by atoms with E-state index >= 15 is 4.39 Å². The van der Waals surface area contributed by atoms with E-state index in [0.717, 1.165) is 17.0 Å². The van der Waals surface area contributed by atoms with E-state index in [-0.39, 0.29) is 11.5 Å². The van der Waals surface area contributed by atoms with Gasteiger partial charge in [0, 0.05) is 40.9 Å². The first-order valence-electron chi connectivity index (χ1n) is 9.98. The Hall–Kier alpha value is -3.53. The van der Waals surface area contributed by atoms with Gasteiger partial charge in [0.25, 0.3) is 0 Å². The molecule has 0 spiro atoms. The van der Waals surface area contributed by atoms with Crippen LogP contribution in [0.2, 0.25) is 0 Å². The molecule has 0 radical (unpaired) electrons. The zero-order valence-corrected chi connectivity index (χ0v) is 18.4. The summed E-state index contributed by atoms with van der Waals surface area (Å²) in [4.78, 5) is 20.4. The van der Waals surface area contributed by atoms with Gasteiger partial charge in [-0.15, -0.1) is 11.8 Å². The SMILES string of the molecule is CCS/C=C\OC(=O)Nc1cc2cc(-c3cnc4c(c3C)NCCO4)c(F)c(N)c2cn1. The van der Waals surface area contributed by atoms with Crippen LogP contribution in [0.25, 0.3) is 21.9 Å². The number of thioether (sulfide) groups is 1. The lowest BCUT2D eigenvalue weighted by Crippen LogP contribution is -2.20. The van der Waals surface area contributed by atoms with Crippen LogP contribution in [0.3, 0.4) is 0 Å². The number of hydrogen-bond acceptors (Lipinski definition) is 8. The van der Waals surface area contributed by atoms with Crippen LogP contribution in [0.15, 0.2) is 36.2 Å². The summed E-state index contributed by atoms with van der Waals surface area (Å²) in [5.74, 6) is 1.06. The molecule has 10 heteroatoms. The van der Waals surface area contributed by atoms with Crippen molar-refractivity contribution in [3.05, 3.63) is 47.6 Å². The average Bonchev–Trinajstić information content (AvgIpc) is 2.80. The van der Waals surface area contributed by atoms with Crippen LogP contribution in [0.1, 0.15) is 12.5 Å². The molecule has 4 N–H and O–H groups in total. The molecule has 4 rings (SSSR count). The summed E-state index contributed by atoms with van der Waals surface area (Å²) >= 11 is 1.50. The van der Waals surface area contributed by atoms with Gasteiger partial charge >= 0.3 is 6.09 Å². The van der Waals surface area contributed by atoms with Gasteiger partial charge in [-0.05, 0) is 35.8 Å². The van der Waals surface area contributed by atoms with Gasteiger partial charge in [0.1, 0.15) is 24.4 Å². The van der Waals surface area contributed by atoms with Crippen LogP contribution in [-0.4, -0.2) is 35.0 Å². The lowest BCUT2D eigenvalue weighted by atomic mass is 9.97. The summed E-state index contributed by atoms with van der Waals surface area (Å²) in [5, 5.41) is 8.53. The monoisotopic (exact) mass is 455 g/mol. The van der Waals surface area contributed by atoms with Crippen LogP contribution >= 0.6 is 11.8 Å². The average molecular weight is 456 g/mol. The molecule has 0 atom stereocenters. The van der Waals surface area contributed by atoms with E-state index in [1.165, 1.54) is 24.2 Å². The topological polar surface area (TPSA) is 111 Å². The van der Waals surface area contributed by atoms with Gasteiger partial charge in [0.15, 0.2) is 5.82 Å². The molecule has 1 aliphatic rings. The predicted octanol–water partition coefficient (Wildman–Crippen LogP) is 4.90. The largest absolute Gasteiger partial charge is 0.474 e. The first-order valence-corrected chi connectivity index (χ1v) is 11.0. The predicted molar refractivity (Wildman–Crippen MR) is 125 cm³/mol. The van der Waals surface area contributed by atoms with Crippen molar-refractivity contribution in [3.8, 4) is 17.0 Å². The lowest BCUT2D eigenvalue weighted by molar-refractivity contribution is 0.201. The van der Waals surface area contributed by atoms with E-state index in [2.05, 4.69) is 20.6 Å². The minimum Gasteiger partial charge on any atom is -0.474 e. The highest BCUT2D eigenvalue weighted by Crippen LogP contribution is 2.39. The Morgan fingerprint density at radius 2 is 2.22 bits per heavy atom. The first-order chi connectivity index (χ1) is 15.5. The maximum atomic E-state index is 15.2. The van der Waals surface area contributed by atoms with E-state index in [4.69, 9.17) is 15.2 Å². The summed E-state index contributed by atoms with van der Waals surface area (Å²) in [6.45, 7) is 5.03. The smallest absolute Gasteiger partial charge is 0.417 e. The molecule has 0 aliphatic carbocycles. The molecule has 3 heterocycles. The van der Waals surface area contributed by atoms with Crippen molar-refractivity contribution in [2.75, 3.05) is 35.3 Å². The number of nitrogens with two attached hydrogens (primary N) is 1. The highest BCUT2D eigenvalue weighted by Gasteiger charge is 2.21. The van der Waals surface area contributed by atoms with E-state index in [1.54, 1.807) is 23.7 Å².